The van der Waals surface area contributed by atoms with Gasteiger partial charge in [-0.3, -0.25) is 0 Å². The van der Waals surface area contributed by atoms with Crippen LogP contribution in [0.5, 0.6) is 5.75 Å². The van der Waals surface area contributed by atoms with Crippen molar-refractivity contribution < 1.29 is 4.74 Å². The number of benzene rings is 2. The lowest BCUT2D eigenvalue weighted by atomic mass is 9.77. The lowest BCUT2D eigenvalue weighted by Crippen LogP contribution is -2.45. The quantitative estimate of drug-likeness (QED) is 0.619. The molecule has 1 heterocycles. The van der Waals surface area contributed by atoms with Crippen LogP contribution in [0.3, 0.4) is 0 Å². The predicted octanol–water partition coefficient (Wildman–Crippen LogP) is 5.54. The largest absolute Gasteiger partial charge is 0.493 e. The summed E-state index contributed by atoms with van der Waals surface area (Å²) in [5.74, 6) is 1.62. The lowest BCUT2D eigenvalue weighted by Gasteiger charge is -2.40. The fourth-order valence-corrected chi connectivity index (χ4v) is 4.36. The summed E-state index contributed by atoms with van der Waals surface area (Å²) in [6.45, 7) is 9.08. The smallest absolute Gasteiger partial charge is 0.119 e. The van der Waals surface area contributed by atoms with E-state index >= 15 is 0 Å². The molecule has 1 aliphatic heterocycles. The number of piperidine rings is 1. The summed E-state index contributed by atoms with van der Waals surface area (Å²) in [5, 5.41) is 0. The van der Waals surface area contributed by atoms with E-state index in [0.29, 0.717) is 5.92 Å². The van der Waals surface area contributed by atoms with Gasteiger partial charge in [0.25, 0.3) is 0 Å². The van der Waals surface area contributed by atoms with Gasteiger partial charge < -0.3 is 9.64 Å². The lowest BCUT2D eigenvalue weighted by molar-refractivity contribution is 0.108. The van der Waals surface area contributed by atoms with Gasteiger partial charge in [0.05, 0.1) is 6.61 Å². The molecule has 0 aromatic heterocycles. The Labute approximate surface area is 159 Å². The predicted molar refractivity (Wildman–Crippen MR) is 110 cm³/mol. The average molecular weight is 352 g/mol. The normalized spacial score (nSPS) is 20.5. The zero-order chi connectivity index (χ0) is 18.2. The number of ether oxygens (including phenoxy) is 1. The topological polar surface area (TPSA) is 12.5 Å². The molecule has 2 aromatic rings. The maximum atomic E-state index is 6.03. The summed E-state index contributed by atoms with van der Waals surface area (Å²) in [6, 6.07) is 21.3. The SMILES string of the molecule is CCCC(C)(CN1CCCC(COc2ccccc2)C1)c1ccccc1. The van der Waals surface area contributed by atoms with Crippen LogP contribution in [0.2, 0.25) is 0 Å². The van der Waals surface area contributed by atoms with E-state index in [1.807, 2.05) is 30.3 Å². The molecule has 0 amide bonds. The molecule has 2 heteroatoms. The van der Waals surface area contributed by atoms with Crippen molar-refractivity contribution in [1.82, 2.24) is 4.90 Å². The standard InChI is InChI=1S/C24H33NO/c1-3-16-24(2,22-12-6-4-7-13-22)20-25-17-10-11-21(18-25)19-26-23-14-8-5-9-15-23/h4-9,12-15,21H,3,10-11,16-20H2,1-2H3. The first kappa shape index (κ1) is 19.0. The summed E-state index contributed by atoms with van der Waals surface area (Å²) >= 11 is 0. The second-order valence-electron chi connectivity index (χ2n) is 8.04. The minimum Gasteiger partial charge on any atom is -0.493 e. The van der Waals surface area contributed by atoms with Crippen LogP contribution < -0.4 is 4.74 Å². The van der Waals surface area contributed by atoms with Crippen LogP contribution >= 0.6 is 0 Å². The summed E-state index contributed by atoms with van der Waals surface area (Å²) in [4.78, 5) is 2.67. The Morgan fingerprint density at radius 2 is 1.73 bits per heavy atom. The molecule has 0 radical (unpaired) electrons. The van der Waals surface area contributed by atoms with Crippen molar-refractivity contribution in [3.63, 3.8) is 0 Å². The van der Waals surface area contributed by atoms with Crippen LogP contribution in [0, 0.1) is 5.92 Å². The van der Waals surface area contributed by atoms with Crippen molar-refractivity contribution in [3.05, 3.63) is 66.2 Å². The van der Waals surface area contributed by atoms with Gasteiger partial charge in [-0.2, -0.15) is 0 Å². The van der Waals surface area contributed by atoms with E-state index in [-0.39, 0.29) is 5.41 Å². The number of hydrogen-bond acceptors (Lipinski definition) is 2. The van der Waals surface area contributed by atoms with Gasteiger partial charge in [-0.15, -0.1) is 0 Å². The Kier molecular flexibility index (Phi) is 6.73. The molecule has 0 bridgehead atoms. The molecule has 26 heavy (non-hydrogen) atoms. The third kappa shape index (κ3) is 5.11. The molecule has 2 unspecified atom stereocenters. The molecule has 2 aromatic carbocycles. The molecular formula is C24H33NO. The van der Waals surface area contributed by atoms with Crippen LogP contribution in [0.4, 0.5) is 0 Å². The zero-order valence-electron chi connectivity index (χ0n) is 16.4. The number of nitrogens with zero attached hydrogens (tertiary/aromatic N) is 1. The molecule has 2 atom stereocenters. The molecule has 0 spiro atoms. The van der Waals surface area contributed by atoms with Gasteiger partial charge >= 0.3 is 0 Å². The maximum absolute atomic E-state index is 6.03. The van der Waals surface area contributed by atoms with Gasteiger partial charge in [0.1, 0.15) is 5.75 Å². The summed E-state index contributed by atoms with van der Waals surface area (Å²) < 4.78 is 6.03. The van der Waals surface area contributed by atoms with E-state index < -0.39 is 0 Å². The molecule has 3 rings (SSSR count). The molecule has 0 N–H and O–H groups in total. The van der Waals surface area contributed by atoms with E-state index in [1.54, 1.807) is 0 Å². The van der Waals surface area contributed by atoms with E-state index in [0.717, 1.165) is 25.4 Å². The summed E-state index contributed by atoms with van der Waals surface area (Å²) in [5.41, 5.74) is 1.71. The highest BCUT2D eigenvalue weighted by molar-refractivity contribution is 5.25. The summed E-state index contributed by atoms with van der Waals surface area (Å²) in [6.07, 6.45) is 5.01. The average Bonchev–Trinajstić information content (AvgIpc) is 2.68. The molecule has 2 nitrogen and oxygen atoms in total. The zero-order valence-corrected chi connectivity index (χ0v) is 16.4. The van der Waals surface area contributed by atoms with Crippen molar-refractivity contribution in [2.45, 2.75) is 44.9 Å². The molecule has 1 saturated heterocycles. The van der Waals surface area contributed by atoms with E-state index in [2.05, 4.69) is 49.1 Å². The van der Waals surface area contributed by atoms with E-state index in [9.17, 15) is 0 Å². The Hall–Kier alpha value is -1.80. The number of rotatable bonds is 8. The number of likely N-dealkylation sites (tertiary alicyclic amines) is 1. The highest BCUT2D eigenvalue weighted by atomic mass is 16.5. The first-order chi connectivity index (χ1) is 12.7. The highest BCUT2D eigenvalue weighted by Crippen LogP contribution is 2.31. The summed E-state index contributed by atoms with van der Waals surface area (Å²) in [7, 11) is 0. The minimum absolute atomic E-state index is 0.234. The fraction of sp³-hybridized carbons (Fsp3) is 0.500. The van der Waals surface area contributed by atoms with Crippen LogP contribution in [0.25, 0.3) is 0 Å². The molecule has 1 aliphatic rings. The number of hydrogen-bond donors (Lipinski definition) is 0. The fourth-order valence-electron chi connectivity index (χ4n) is 4.36. The maximum Gasteiger partial charge on any atom is 0.119 e. The molecule has 0 saturated carbocycles. The van der Waals surface area contributed by atoms with Crippen molar-refractivity contribution in [2.75, 3.05) is 26.2 Å². The van der Waals surface area contributed by atoms with Crippen LogP contribution in [-0.2, 0) is 5.41 Å². The van der Waals surface area contributed by atoms with Gasteiger partial charge in [-0.05, 0) is 43.5 Å². The van der Waals surface area contributed by atoms with Crippen molar-refractivity contribution in [1.29, 1.82) is 0 Å². The minimum atomic E-state index is 0.234. The molecule has 140 valence electrons. The third-order valence-electron chi connectivity index (χ3n) is 5.68. The Bertz CT molecular complexity index is 642. The van der Waals surface area contributed by atoms with Crippen LogP contribution in [0.15, 0.2) is 60.7 Å². The van der Waals surface area contributed by atoms with Gasteiger partial charge in [0, 0.05) is 24.4 Å². The van der Waals surface area contributed by atoms with Gasteiger partial charge in [-0.25, -0.2) is 0 Å². The monoisotopic (exact) mass is 351 g/mol. The first-order valence-electron chi connectivity index (χ1n) is 10.2. The van der Waals surface area contributed by atoms with Crippen LogP contribution in [0.1, 0.15) is 45.1 Å². The van der Waals surface area contributed by atoms with E-state index in [1.165, 1.54) is 37.8 Å². The molecular weight excluding hydrogens is 318 g/mol. The van der Waals surface area contributed by atoms with Gasteiger partial charge in [0.15, 0.2) is 0 Å². The van der Waals surface area contributed by atoms with Crippen molar-refractivity contribution in [3.8, 4) is 5.75 Å². The van der Waals surface area contributed by atoms with Crippen LogP contribution in [-0.4, -0.2) is 31.1 Å². The van der Waals surface area contributed by atoms with Gasteiger partial charge in [-0.1, -0.05) is 68.8 Å². The second kappa shape index (κ2) is 9.23. The van der Waals surface area contributed by atoms with Gasteiger partial charge in [0.2, 0.25) is 0 Å². The Morgan fingerprint density at radius 1 is 1.04 bits per heavy atom. The molecule has 1 fully saturated rings. The number of para-hydroxylation sites is 1. The highest BCUT2D eigenvalue weighted by Gasteiger charge is 2.30. The van der Waals surface area contributed by atoms with Crippen molar-refractivity contribution >= 4 is 0 Å². The second-order valence-corrected chi connectivity index (χ2v) is 8.04. The Balaban J connectivity index is 1.59. The third-order valence-corrected chi connectivity index (χ3v) is 5.68. The van der Waals surface area contributed by atoms with Crippen molar-refractivity contribution in [2.24, 2.45) is 5.92 Å². The Morgan fingerprint density at radius 3 is 2.42 bits per heavy atom. The van der Waals surface area contributed by atoms with E-state index in [4.69, 9.17) is 4.74 Å². The molecule has 0 aliphatic carbocycles. The first-order valence-corrected chi connectivity index (χ1v) is 10.2.